The fraction of sp³-hybridized carbons (Fsp3) is 0.455. The van der Waals surface area contributed by atoms with E-state index in [9.17, 15) is 4.39 Å². The van der Waals surface area contributed by atoms with Crippen molar-refractivity contribution >= 4 is 24.2 Å². The summed E-state index contributed by atoms with van der Waals surface area (Å²) in [5.41, 5.74) is 8.88. The smallest absolute Gasteiger partial charge is 0.149 e. The van der Waals surface area contributed by atoms with Crippen LogP contribution < -0.4 is 10.5 Å². The molecule has 1 atom stereocenters. The number of hydrogen-bond donors (Lipinski definition) is 1. The summed E-state index contributed by atoms with van der Waals surface area (Å²) in [7, 11) is 0. The molecular weight excluding hydrogens is 391 g/mol. The Morgan fingerprint density at radius 2 is 2.10 bits per heavy atom. The maximum atomic E-state index is 14.8. The average Bonchev–Trinajstić information content (AvgIpc) is 2.66. The molecule has 1 aromatic rings. The van der Waals surface area contributed by atoms with E-state index in [0.29, 0.717) is 41.5 Å². The van der Waals surface area contributed by atoms with Gasteiger partial charge in [-0.2, -0.15) is 0 Å². The van der Waals surface area contributed by atoms with Crippen molar-refractivity contribution in [3.8, 4) is 5.75 Å². The fourth-order valence-electron chi connectivity index (χ4n) is 3.39. The van der Waals surface area contributed by atoms with E-state index in [1.165, 1.54) is 0 Å². The first-order chi connectivity index (χ1) is 13.7. The van der Waals surface area contributed by atoms with Crippen molar-refractivity contribution in [2.24, 2.45) is 15.7 Å². The van der Waals surface area contributed by atoms with Gasteiger partial charge in [0.1, 0.15) is 23.1 Å². The molecule has 1 aromatic carbocycles. The van der Waals surface area contributed by atoms with Crippen molar-refractivity contribution in [2.75, 3.05) is 6.54 Å². The molecule has 0 aliphatic carbocycles. The quantitative estimate of drug-likeness (QED) is 0.573. The van der Waals surface area contributed by atoms with Gasteiger partial charge >= 0.3 is 0 Å². The van der Waals surface area contributed by atoms with Crippen LogP contribution in [0.3, 0.4) is 0 Å². The van der Waals surface area contributed by atoms with Crippen molar-refractivity contribution in [1.82, 2.24) is 4.90 Å². The number of nitrogens with two attached hydrogens (primary N) is 1. The Hall–Kier alpha value is -2.34. The molecule has 158 valence electrons. The highest BCUT2D eigenvalue weighted by atomic mass is 35.5. The van der Waals surface area contributed by atoms with Crippen LogP contribution in [0, 0.1) is 5.82 Å². The van der Waals surface area contributed by atoms with E-state index in [4.69, 9.17) is 22.1 Å². The summed E-state index contributed by atoms with van der Waals surface area (Å²) >= 11 is 6.24. The number of allylic oxidation sites excluding steroid dienone is 1. The van der Waals surface area contributed by atoms with Crippen LogP contribution in [-0.4, -0.2) is 30.1 Å². The second kappa shape index (κ2) is 9.92. The molecule has 0 spiro atoms. The standard InChI is InChI=1S/C22H30ClFN4O/c1-7-8-16-19(24)18(23)11-17(21(16)29-13(2)3)14(4)12-28-10-9-27-22(25)20(28)15(5)26-6/h9-11,13-14H,6-8,12H2,1-5H3,(H2,25,27)/b20-15-. The van der Waals surface area contributed by atoms with E-state index in [2.05, 4.69) is 23.6 Å². The highest BCUT2D eigenvalue weighted by Crippen LogP contribution is 2.38. The van der Waals surface area contributed by atoms with Gasteiger partial charge in [0.2, 0.25) is 0 Å². The third-order valence-corrected chi connectivity index (χ3v) is 4.99. The van der Waals surface area contributed by atoms with E-state index >= 15 is 0 Å². The summed E-state index contributed by atoms with van der Waals surface area (Å²) in [5, 5.41) is 0.112. The van der Waals surface area contributed by atoms with Gasteiger partial charge in [-0.1, -0.05) is 31.9 Å². The lowest BCUT2D eigenvalue weighted by Gasteiger charge is -2.30. The second-order valence-corrected chi connectivity index (χ2v) is 7.85. The van der Waals surface area contributed by atoms with Gasteiger partial charge < -0.3 is 15.4 Å². The molecule has 2 N–H and O–H groups in total. The van der Waals surface area contributed by atoms with Crippen LogP contribution in [0.5, 0.6) is 5.75 Å². The first kappa shape index (κ1) is 22.9. The van der Waals surface area contributed by atoms with E-state index in [0.717, 1.165) is 12.0 Å². The van der Waals surface area contributed by atoms with Crippen molar-refractivity contribution in [2.45, 2.75) is 59.5 Å². The minimum Gasteiger partial charge on any atom is -0.490 e. The van der Waals surface area contributed by atoms with E-state index in [-0.39, 0.29) is 17.0 Å². The van der Waals surface area contributed by atoms with Crippen molar-refractivity contribution in [1.29, 1.82) is 0 Å². The number of rotatable bonds is 8. The summed E-state index contributed by atoms with van der Waals surface area (Å²) in [6.45, 7) is 13.9. The molecule has 1 aliphatic heterocycles. The number of nitrogens with zero attached hydrogens (tertiary/aromatic N) is 3. The largest absolute Gasteiger partial charge is 0.490 e. The number of amidine groups is 1. The van der Waals surface area contributed by atoms with Gasteiger partial charge in [0, 0.05) is 36.0 Å². The maximum absolute atomic E-state index is 14.8. The van der Waals surface area contributed by atoms with Crippen LogP contribution in [0.1, 0.15) is 58.1 Å². The average molecular weight is 421 g/mol. The molecule has 0 bridgehead atoms. The van der Waals surface area contributed by atoms with Crippen molar-refractivity contribution in [3.05, 3.63) is 51.8 Å². The van der Waals surface area contributed by atoms with Crippen molar-refractivity contribution in [3.63, 3.8) is 0 Å². The van der Waals surface area contributed by atoms with E-state index < -0.39 is 5.82 Å². The minimum atomic E-state index is -0.401. The Morgan fingerprint density at radius 3 is 2.69 bits per heavy atom. The Balaban J connectivity index is 2.49. The topological polar surface area (TPSA) is 63.2 Å². The molecule has 29 heavy (non-hydrogen) atoms. The summed E-state index contributed by atoms with van der Waals surface area (Å²) in [4.78, 5) is 10.2. The highest BCUT2D eigenvalue weighted by molar-refractivity contribution is 6.31. The van der Waals surface area contributed by atoms with Crippen LogP contribution in [0.25, 0.3) is 0 Å². The lowest BCUT2D eigenvalue weighted by molar-refractivity contribution is 0.234. The molecule has 1 aliphatic rings. The second-order valence-electron chi connectivity index (χ2n) is 7.44. The Morgan fingerprint density at radius 1 is 1.41 bits per heavy atom. The summed E-state index contributed by atoms with van der Waals surface area (Å²) in [5.74, 6) is 0.539. The zero-order chi connectivity index (χ0) is 21.7. The normalized spacial score (nSPS) is 16.7. The molecule has 0 amide bonds. The predicted molar refractivity (Wildman–Crippen MR) is 119 cm³/mol. The lowest BCUT2D eigenvalue weighted by Crippen LogP contribution is -2.33. The summed E-state index contributed by atoms with van der Waals surface area (Å²) < 4.78 is 20.8. The Kier molecular flexibility index (Phi) is 7.85. The van der Waals surface area contributed by atoms with Crippen LogP contribution in [0.15, 0.2) is 39.8 Å². The molecule has 0 radical (unpaired) electrons. The van der Waals surface area contributed by atoms with Crippen molar-refractivity contribution < 1.29 is 9.13 Å². The third-order valence-electron chi connectivity index (χ3n) is 4.72. The SMILES string of the molecule is C=N/C(C)=C1/C(N)=NC=CN1CC(C)c1cc(Cl)c(F)c(CCC)c1OC(C)C. The van der Waals surface area contributed by atoms with Crippen LogP contribution in [0.4, 0.5) is 4.39 Å². The third kappa shape index (κ3) is 5.18. The fourth-order valence-corrected chi connectivity index (χ4v) is 3.62. The predicted octanol–water partition coefficient (Wildman–Crippen LogP) is 5.40. The zero-order valence-electron chi connectivity index (χ0n) is 17.8. The van der Waals surface area contributed by atoms with Gasteiger partial charge in [0.15, 0.2) is 0 Å². The summed E-state index contributed by atoms with van der Waals surface area (Å²) in [6.07, 6.45) is 4.75. The first-order valence-corrected chi connectivity index (χ1v) is 10.2. The number of benzene rings is 1. The number of hydrogen-bond acceptors (Lipinski definition) is 5. The van der Waals surface area contributed by atoms with Crippen LogP contribution >= 0.6 is 11.6 Å². The van der Waals surface area contributed by atoms with Crippen LogP contribution in [0.2, 0.25) is 5.02 Å². The Bertz CT molecular complexity index is 861. The van der Waals surface area contributed by atoms with Gasteiger partial charge in [0.05, 0.1) is 16.8 Å². The first-order valence-electron chi connectivity index (χ1n) is 9.83. The van der Waals surface area contributed by atoms with Crippen LogP contribution in [-0.2, 0) is 6.42 Å². The zero-order valence-corrected chi connectivity index (χ0v) is 18.6. The molecule has 2 rings (SSSR count). The van der Waals surface area contributed by atoms with E-state index in [1.54, 1.807) is 12.3 Å². The molecule has 5 nitrogen and oxygen atoms in total. The van der Waals surface area contributed by atoms with E-state index in [1.807, 2.05) is 38.8 Å². The molecule has 0 fully saturated rings. The molecule has 1 heterocycles. The van der Waals surface area contributed by atoms with Gasteiger partial charge in [-0.05, 0) is 40.0 Å². The number of aliphatic imine (C=N–C) groups is 2. The molecule has 0 saturated heterocycles. The molecule has 7 heteroatoms. The lowest BCUT2D eigenvalue weighted by atomic mass is 9.94. The molecule has 0 aromatic heterocycles. The van der Waals surface area contributed by atoms with Gasteiger partial charge in [-0.3, -0.25) is 4.99 Å². The van der Waals surface area contributed by atoms with Gasteiger partial charge in [-0.25, -0.2) is 9.38 Å². The summed E-state index contributed by atoms with van der Waals surface area (Å²) in [6, 6.07) is 1.67. The molecular formula is C22H30ClFN4O. The Labute approximate surface area is 177 Å². The van der Waals surface area contributed by atoms with Gasteiger partial charge in [0.25, 0.3) is 0 Å². The maximum Gasteiger partial charge on any atom is 0.149 e. The molecule has 0 saturated carbocycles. The number of ether oxygens (including phenoxy) is 1. The molecule has 1 unspecified atom stereocenters. The number of halogens is 2. The highest BCUT2D eigenvalue weighted by Gasteiger charge is 2.25. The minimum absolute atomic E-state index is 0.0272. The monoisotopic (exact) mass is 420 g/mol. The van der Waals surface area contributed by atoms with Gasteiger partial charge in [-0.15, -0.1) is 0 Å².